The van der Waals surface area contributed by atoms with E-state index in [0.29, 0.717) is 16.7 Å². The molecule has 0 fully saturated rings. The Balaban J connectivity index is 1.97. The van der Waals surface area contributed by atoms with E-state index in [4.69, 9.17) is 15.0 Å². The van der Waals surface area contributed by atoms with E-state index in [9.17, 15) is 0 Å². The minimum absolute atomic E-state index is 0.446. The van der Waals surface area contributed by atoms with E-state index in [1.165, 1.54) is 4.88 Å². The summed E-state index contributed by atoms with van der Waals surface area (Å²) in [6, 6.07) is 9.53. The molecule has 0 saturated heterocycles. The molecule has 0 amide bonds. The lowest BCUT2D eigenvalue weighted by Gasteiger charge is -1.99. The van der Waals surface area contributed by atoms with Gasteiger partial charge in [0, 0.05) is 10.4 Å². The summed E-state index contributed by atoms with van der Waals surface area (Å²) in [6.07, 6.45) is 0.936. The van der Waals surface area contributed by atoms with E-state index in [2.05, 4.69) is 17.1 Å². The molecule has 0 unspecified atom stereocenters. The molecule has 0 aliphatic rings. The summed E-state index contributed by atoms with van der Waals surface area (Å²) in [6.45, 7) is 2.09. The molecule has 0 aliphatic heterocycles. The van der Waals surface area contributed by atoms with Gasteiger partial charge in [0.05, 0.1) is 17.7 Å². The lowest BCUT2D eigenvalue weighted by Crippen LogP contribution is -1.86. The van der Waals surface area contributed by atoms with Crippen molar-refractivity contribution in [1.82, 2.24) is 10.1 Å². The Bertz CT molecular complexity index is 764. The largest absolute Gasteiger partial charge is 0.497 e. The van der Waals surface area contributed by atoms with Gasteiger partial charge in [0.25, 0.3) is 5.89 Å². The van der Waals surface area contributed by atoms with Crippen LogP contribution in [0.25, 0.3) is 22.8 Å². The van der Waals surface area contributed by atoms with Crippen molar-refractivity contribution in [3.05, 3.63) is 35.2 Å². The standard InChI is InChI=1S/C15H15N3O2S/c1-3-11-8-12(13(16)21-11)15-17-14(18-20-15)9-5-4-6-10(7-9)19-2/h4-8H,3,16H2,1-2H3. The van der Waals surface area contributed by atoms with Crippen molar-refractivity contribution in [2.75, 3.05) is 12.8 Å². The van der Waals surface area contributed by atoms with Gasteiger partial charge >= 0.3 is 0 Å². The Hall–Kier alpha value is -2.34. The van der Waals surface area contributed by atoms with Crippen LogP contribution in [-0.4, -0.2) is 17.3 Å². The van der Waals surface area contributed by atoms with Crippen molar-refractivity contribution in [1.29, 1.82) is 0 Å². The quantitative estimate of drug-likeness (QED) is 0.796. The van der Waals surface area contributed by atoms with Gasteiger partial charge in [-0.25, -0.2) is 0 Å². The predicted octanol–water partition coefficient (Wildman–Crippen LogP) is 3.62. The molecule has 0 radical (unpaired) electrons. The highest BCUT2D eigenvalue weighted by atomic mass is 32.1. The summed E-state index contributed by atoms with van der Waals surface area (Å²) in [5.74, 6) is 1.72. The average molecular weight is 301 g/mol. The summed E-state index contributed by atoms with van der Waals surface area (Å²) in [7, 11) is 1.62. The number of nitrogens with two attached hydrogens (primary N) is 1. The first-order valence-electron chi connectivity index (χ1n) is 6.58. The number of benzene rings is 1. The number of nitrogens with zero attached hydrogens (tertiary/aromatic N) is 2. The van der Waals surface area contributed by atoms with Crippen LogP contribution in [0.4, 0.5) is 5.00 Å². The van der Waals surface area contributed by atoms with Gasteiger partial charge in [-0.2, -0.15) is 4.98 Å². The van der Waals surface area contributed by atoms with E-state index in [1.54, 1.807) is 18.4 Å². The van der Waals surface area contributed by atoms with Gasteiger partial charge in [0.15, 0.2) is 0 Å². The van der Waals surface area contributed by atoms with Gasteiger partial charge in [-0.15, -0.1) is 11.3 Å². The van der Waals surface area contributed by atoms with Gasteiger partial charge in [-0.3, -0.25) is 0 Å². The Kier molecular flexibility index (Phi) is 3.62. The fraction of sp³-hybridized carbons (Fsp3) is 0.200. The fourth-order valence-corrected chi connectivity index (χ4v) is 2.87. The molecule has 2 heterocycles. The van der Waals surface area contributed by atoms with Crippen molar-refractivity contribution in [2.24, 2.45) is 0 Å². The summed E-state index contributed by atoms with van der Waals surface area (Å²) in [5, 5.41) is 4.72. The molecule has 0 spiro atoms. The van der Waals surface area contributed by atoms with Crippen LogP contribution in [0.15, 0.2) is 34.9 Å². The molecule has 1 aromatic carbocycles. The minimum Gasteiger partial charge on any atom is -0.497 e. The van der Waals surface area contributed by atoms with Gasteiger partial charge in [-0.1, -0.05) is 24.2 Å². The highest BCUT2D eigenvalue weighted by Gasteiger charge is 2.16. The number of thiophene rings is 1. The van der Waals surface area contributed by atoms with Crippen molar-refractivity contribution in [3.8, 4) is 28.6 Å². The maximum Gasteiger partial charge on any atom is 0.261 e. The summed E-state index contributed by atoms with van der Waals surface area (Å²) in [4.78, 5) is 5.63. The van der Waals surface area contributed by atoms with Crippen LogP contribution < -0.4 is 10.5 Å². The number of aryl methyl sites for hydroxylation is 1. The number of hydrogen-bond acceptors (Lipinski definition) is 6. The van der Waals surface area contributed by atoms with E-state index in [0.717, 1.165) is 23.3 Å². The Morgan fingerprint density at radius 2 is 2.19 bits per heavy atom. The molecule has 0 atom stereocenters. The second kappa shape index (κ2) is 5.57. The van der Waals surface area contributed by atoms with E-state index < -0.39 is 0 Å². The van der Waals surface area contributed by atoms with Crippen LogP contribution in [-0.2, 0) is 6.42 Å². The molecule has 21 heavy (non-hydrogen) atoms. The third-order valence-electron chi connectivity index (χ3n) is 3.14. The third kappa shape index (κ3) is 2.62. The number of hydrogen-bond donors (Lipinski definition) is 1. The number of nitrogen functional groups attached to an aromatic ring is 1. The first-order chi connectivity index (χ1) is 10.2. The Morgan fingerprint density at radius 1 is 1.33 bits per heavy atom. The summed E-state index contributed by atoms with van der Waals surface area (Å²) < 4.78 is 10.5. The zero-order valence-corrected chi connectivity index (χ0v) is 12.6. The van der Waals surface area contributed by atoms with E-state index in [-0.39, 0.29) is 0 Å². The molecular weight excluding hydrogens is 286 g/mol. The number of aromatic nitrogens is 2. The lowest BCUT2D eigenvalue weighted by molar-refractivity contribution is 0.414. The number of anilines is 1. The molecule has 3 aromatic rings. The highest BCUT2D eigenvalue weighted by molar-refractivity contribution is 7.16. The van der Waals surface area contributed by atoms with Crippen LogP contribution in [0.5, 0.6) is 5.75 Å². The number of methoxy groups -OCH3 is 1. The van der Waals surface area contributed by atoms with Gasteiger partial charge < -0.3 is 15.0 Å². The molecule has 0 aliphatic carbocycles. The minimum atomic E-state index is 0.446. The molecule has 3 rings (SSSR count). The number of rotatable bonds is 4. The molecule has 0 bridgehead atoms. The molecule has 6 heteroatoms. The van der Waals surface area contributed by atoms with Crippen LogP contribution in [0, 0.1) is 0 Å². The predicted molar refractivity (Wildman–Crippen MR) is 83.4 cm³/mol. The zero-order chi connectivity index (χ0) is 14.8. The molecule has 5 nitrogen and oxygen atoms in total. The van der Waals surface area contributed by atoms with Crippen LogP contribution >= 0.6 is 11.3 Å². The maximum atomic E-state index is 6.01. The second-order valence-corrected chi connectivity index (χ2v) is 5.67. The summed E-state index contributed by atoms with van der Waals surface area (Å²) >= 11 is 1.55. The Labute approximate surface area is 126 Å². The topological polar surface area (TPSA) is 74.2 Å². The van der Waals surface area contributed by atoms with Crippen LogP contribution in [0.1, 0.15) is 11.8 Å². The zero-order valence-electron chi connectivity index (χ0n) is 11.8. The van der Waals surface area contributed by atoms with Crippen molar-refractivity contribution >= 4 is 16.3 Å². The van der Waals surface area contributed by atoms with Crippen molar-refractivity contribution in [2.45, 2.75) is 13.3 Å². The fourth-order valence-electron chi connectivity index (χ4n) is 2.01. The smallest absolute Gasteiger partial charge is 0.261 e. The first kappa shape index (κ1) is 13.6. The molecule has 108 valence electrons. The van der Waals surface area contributed by atoms with Crippen LogP contribution in [0.3, 0.4) is 0 Å². The van der Waals surface area contributed by atoms with Gasteiger partial charge in [0.1, 0.15) is 5.75 Å². The van der Waals surface area contributed by atoms with Gasteiger partial charge in [-0.05, 0) is 24.6 Å². The average Bonchev–Trinajstić information content (AvgIpc) is 3.13. The lowest BCUT2D eigenvalue weighted by atomic mass is 10.2. The molecular formula is C15H15N3O2S. The SMILES string of the molecule is CCc1cc(-c2nc(-c3cccc(OC)c3)no2)c(N)s1. The Morgan fingerprint density at radius 3 is 2.90 bits per heavy atom. The monoisotopic (exact) mass is 301 g/mol. The molecule has 2 aromatic heterocycles. The molecule has 2 N–H and O–H groups in total. The van der Waals surface area contributed by atoms with Crippen molar-refractivity contribution in [3.63, 3.8) is 0 Å². The normalized spacial score (nSPS) is 10.8. The summed E-state index contributed by atoms with van der Waals surface area (Å²) in [5.41, 5.74) is 7.66. The third-order valence-corrected chi connectivity index (χ3v) is 4.25. The van der Waals surface area contributed by atoms with E-state index in [1.807, 2.05) is 30.3 Å². The molecule has 0 saturated carbocycles. The van der Waals surface area contributed by atoms with Crippen LogP contribution in [0.2, 0.25) is 0 Å². The number of ether oxygens (including phenoxy) is 1. The highest BCUT2D eigenvalue weighted by Crippen LogP contribution is 2.34. The van der Waals surface area contributed by atoms with Crippen molar-refractivity contribution < 1.29 is 9.26 Å². The maximum absolute atomic E-state index is 6.01. The first-order valence-corrected chi connectivity index (χ1v) is 7.39. The van der Waals surface area contributed by atoms with Gasteiger partial charge in [0.2, 0.25) is 5.82 Å². The second-order valence-electron chi connectivity index (χ2n) is 4.50. The van der Waals surface area contributed by atoms with E-state index >= 15 is 0 Å².